The molecule has 0 saturated carbocycles. The van der Waals surface area contributed by atoms with E-state index in [1.54, 1.807) is 29.6 Å². The Morgan fingerprint density at radius 3 is 2.38 bits per heavy atom. The van der Waals surface area contributed by atoms with Crippen molar-refractivity contribution in [1.82, 2.24) is 9.88 Å². The number of rotatable bonds is 5. The monoisotopic (exact) mass is 393 g/mol. The second kappa shape index (κ2) is 6.15. The molecule has 1 aromatic heterocycles. The summed E-state index contributed by atoms with van der Waals surface area (Å²) in [6, 6.07) is 6.74. The van der Waals surface area contributed by atoms with Gasteiger partial charge in [-0.05, 0) is 12.1 Å². The van der Waals surface area contributed by atoms with Gasteiger partial charge in [0.25, 0.3) is 21.9 Å². The van der Waals surface area contributed by atoms with Crippen LogP contribution in [0.5, 0.6) is 0 Å². The van der Waals surface area contributed by atoms with E-state index in [2.05, 4.69) is 4.98 Å². The Kier molecular flexibility index (Phi) is 4.05. The predicted octanol–water partition coefficient (Wildman–Crippen LogP) is 1.10. The third kappa shape index (κ3) is 3.11. The maximum Gasteiger partial charge on any atom is 0.264 e. The van der Waals surface area contributed by atoms with Gasteiger partial charge in [0.1, 0.15) is 6.10 Å². The lowest BCUT2D eigenvalue weighted by Crippen LogP contribution is -2.53. The average molecular weight is 393 g/mol. The van der Waals surface area contributed by atoms with Gasteiger partial charge in [-0.3, -0.25) is 18.7 Å². The number of nitrogens with zero attached hydrogens (tertiary/aromatic N) is 3. The van der Waals surface area contributed by atoms with Gasteiger partial charge in [0.2, 0.25) is 0 Å². The average Bonchev–Trinajstić information content (AvgIpc) is 3.09. The summed E-state index contributed by atoms with van der Waals surface area (Å²) in [6.45, 7) is 0.986. The highest BCUT2D eigenvalue weighted by Crippen LogP contribution is 2.29. The van der Waals surface area contributed by atoms with Crippen LogP contribution >= 0.6 is 11.3 Å². The Bertz CT molecular complexity index is 960. The molecule has 0 unspecified atom stereocenters. The van der Waals surface area contributed by atoms with Crippen LogP contribution in [-0.2, 0) is 20.8 Å². The molecule has 0 bridgehead atoms. The Morgan fingerprint density at radius 1 is 1.19 bits per heavy atom. The zero-order chi connectivity index (χ0) is 18.5. The van der Waals surface area contributed by atoms with Gasteiger partial charge in [0.05, 0.1) is 29.6 Å². The fourth-order valence-corrected chi connectivity index (χ4v) is 4.41. The lowest BCUT2D eigenvalue weighted by atomic mass is 10.1. The number of hydrogen-bond donors (Lipinski definition) is 0. The summed E-state index contributed by atoms with van der Waals surface area (Å²) in [5.41, 5.74) is 1.44. The second-order valence-electron chi connectivity index (χ2n) is 6.19. The predicted molar refractivity (Wildman–Crippen MR) is 94.7 cm³/mol. The molecule has 136 valence electrons. The number of hydrogen-bond acceptors (Lipinski definition) is 8. The van der Waals surface area contributed by atoms with Crippen LogP contribution in [0.2, 0.25) is 0 Å². The molecular weight excluding hydrogens is 378 g/mol. The number of carbonyl (C=O) groups is 2. The minimum absolute atomic E-state index is 0.111. The highest BCUT2D eigenvalue weighted by Gasteiger charge is 2.36. The van der Waals surface area contributed by atoms with E-state index in [0.717, 1.165) is 6.26 Å². The molecule has 0 aliphatic carbocycles. The Hall–Kier alpha value is -2.30. The van der Waals surface area contributed by atoms with Gasteiger partial charge in [0.15, 0.2) is 5.13 Å². The molecule has 0 radical (unpaired) electrons. The minimum Gasteiger partial charge on any atom is -0.343 e. The number of carbonyl (C=O) groups excluding carboxylic acids is 2. The number of imide groups is 1. The first kappa shape index (κ1) is 17.1. The molecule has 1 fully saturated rings. The third-order valence-electron chi connectivity index (χ3n) is 4.17. The fourth-order valence-electron chi connectivity index (χ4n) is 2.96. The van der Waals surface area contributed by atoms with Crippen molar-refractivity contribution in [2.24, 2.45) is 0 Å². The third-order valence-corrected chi connectivity index (χ3v) is 5.74. The number of anilines is 1. The first-order chi connectivity index (χ1) is 12.3. The summed E-state index contributed by atoms with van der Waals surface area (Å²) in [5, 5.41) is 2.51. The van der Waals surface area contributed by atoms with E-state index in [4.69, 9.17) is 4.18 Å². The van der Waals surface area contributed by atoms with Crippen molar-refractivity contribution in [2.75, 3.05) is 24.2 Å². The molecule has 0 spiro atoms. The van der Waals surface area contributed by atoms with Gasteiger partial charge in [-0.15, -0.1) is 11.3 Å². The van der Waals surface area contributed by atoms with Gasteiger partial charge in [-0.25, -0.2) is 4.98 Å². The van der Waals surface area contributed by atoms with Crippen LogP contribution in [0.15, 0.2) is 29.6 Å². The van der Waals surface area contributed by atoms with Crippen molar-refractivity contribution in [3.63, 3.8) is 0 Å². The van der Waals surface area contributed by atoms with E-state index in [1.165, 1.54) is 16.2 Å². The number of fused-ring (bicyclic) bond motifs is 1. The van der Waals surface area contributed by atoms with Crippen molar-refractivity contribution in [1.29, 1.82) is 0 Å². The summed E-state index contributed by atoms with van der Waals surface area (Å²) in [5.74, 6) is -0.628. The molecule has 8 nitrogen and oxygen atoms in total. The first-order valence-electron chi connectivity index (χ1n) is 7.84. The maximum atomic E-state index is 12.4. The van der Waals surface area contributed by atoms with Crippen molar-refractivity contribution in [3.8, 4) is 0 Å². The van der Waals surface area contributed by atoms with Gasteiger partial charge < -0.3 is 4.90 Å². The smallest absolute Gasteiger partial charge is 0.264 e. The molecule has 10 heteroatoms. The molecule has 2 aromatic rings. The summed E-state index contributed by atoms with van der Waals surface area (Å²) in [4.78, 5) is 32.3. The number of aromatic nitrogens is 1. The minimum atomic E-state index is -3.46. The molecule has 1 saturated heterocycles. The number of amides is 2. The molecule has 4 rings (SSSR count). The zero-order valence-corrected chi connectivity index (χ0v) is 15.4. The van der Waals surface area contributed by atoms with E-state index in [1.807, 2.05) is 4.90 Å². The highest BCUT2D eigenvalue weighted by atomic mass is 32.2. The SMILES string of the molecule is CS(=O)(=O)OC1CN(c2nc(CN3C(=O)c4ccccc4C3=O)cs2)C1. The Balaban J connectivity index is 1.41. The molecule has 1 aromatic carbocycles. The fraction of sp³-hybridized carbons (Fsp3) is 0.312. The van der Waals surface area contributed by atoms with Gasteiger partial charge in [0, 0.05) is 18.5 Å². The maximum absolute atomic E-state index is 12.4. The van der Waals surface area contributed by atoms with Gasteiger partial charge in [-0.1, -0.05) is 12.1 Å². The molecule has 2 aliphatic heterocycles. The first-order valence-corrected chi connectivity index (χ1v) is 10.5. The second-order valence-corrected chi connectivity index (χ2v) is 8.63. The summed E-state index contributed by atoms with van der Waals surface area (Å²) in [7, 11) is -3.46. The highest BCUT2D eigenvalue weighted by molar-refractivity contribution is 7.86. The van der Waals surface area contributed by atoms with E-state index in [9.17, 15) is 18.0 Å². The summed E-state index contributed by atoms with van der Waals surface area (Å²) < 4.78 is 27.1. The van der Waals surface area contributed by atoms with Crippen LogP contribution in [0.3, 0.4) is 0 Å². The van der Waals surface area contributed by atoms with E-state index in [0.29, 0.717) is 35.0 Å². The Morgan fingerprint density at radius 2 is 1.81 bits per heavy atom. The molecule has 2 aliphatic rings. The number of benzene rings is 1. The van der Waals surface area contributed by atoms with Crippen LogP contribution in [0, 0.1) is 0 Å². The lowest BCUT2D eigenvalue weighted by Gasteiger charge is -2.37. The van der Waals surface area contributed by atoms with E-state index in [-0.39, 0.29) is 24.5 Å². The van der Waals surface area contributed by atoms with Crippen LogP contribution in [-0.4, -0.2) is 55.6 Å². The van der Waals surface area contributed by atoms with Gasteiger partial charge in [-0.2, -0.15) is 8.42 Å². The largest absolute Gasteiger partial charge is 0.343 e. The summed E-state index contributed by atoms with van der Waals surface area (Å²) >= 11 is 1.38. The normalized spacial score (nSPS) is 17.6. The lowest BCUT2D eigenvalue weighted by molar-refractivity contribution is 0.0640. The molecule has 3 heterocycles. The quantitative estimate of drug-likeness (QED) is 0.554. The van der Waals surface area contributed by atoms with Crippen LogP contribution in [0.4, 0.5) is 5.13 Å². The molecule has 0 N–H and O–H groups in total. The van der Waals surface area contributed by atoms with Crippen LogP contribution in [0.1, 0.15) is 26.4 Å². The van der Waals surface area contributed by atoms with Crippen molar-refractivity contribution < 1.29 is 22.2 Å². The molecule has 26 heavy (non-hydrogen) atoms. The topological polar surface area (TPSA) is 96.9 Å². The molecular formula is C16H15N3O5S2. The van der Waals surface area contributed by atoms with E-state index >= 15 is 0 Å². The van der Waals surface area contributed by atoms with E-state index < -0.39 is 10.1 Å². The molecule has 2 amide bonds. The van der Waals surface area contributed by atoms with Crippen molar-refractivity contribution in [3.05, 3.63) is 46.5 Å². The Labute approximate surface area is 154 Å². The van der Waals surface area contributed by atoms with Gasteiger partial charge >= 0.3 is 0 Å². The van der Waals surface area contributed by atoms with Crippen molar-refractivity contribution in [2.45, 2.75) is 12.6 Å². The number of thiazole rings is 1. The molecule has 0 atom stereocenters. The van der Waals surface area contributed by atoms with Crippen molar-refractivity contribution >= 4 is 38.4 Å². The van der Waals surface area contributed by atoms with Crippen LogP contribution in [0.25, 0.3) is 0 Å². The zero-order valence-electron chi connectivity index (χ0n) is 13.8. The standard InChI is InChI=1S/C16H15N3O5S2/c1-26(22,23)24-11-7-18(8-11)16-17-10(9-25-16)6-19-14(20)12-4-2-3-5-13(12)15(19)21/h2-5,9,11H,6-8H2,1H3. The van der Waals surface area contributed by atoms with Crippen LogP contribution < -0.4 is 4.90 Å². The summed E-state index contributed by atoms with van der Waals surface area (Å²) in [6.07, 6.45) is 0.660.